The maximum atomic E-state index is 12.5. The number of ether oxygens (including phenoxy) is 2. The molecule has 0 bridgehead atoms. The first-order chi connectivity index (χ1) is 11.0. The fourth-order valence-corrected chi connectivity index (χ4v) is 3.86. The topological polar surface area (TPSA) is 47.6 Å². The first-order valence-electron chi connectivity index (χ1n) is 8.71. The first-order valence-corrected chi connectivity index (χ1v) is 8.71. The molecule has 1 saturated carbocycles. The molecule has 0 unspecified atom stereocenters. The number of fused-ring (bicyclic) bond motifs is 1. The zero-order chi connectivity index (χ0) is 16.4. The lowest BCUT2D eigenvalue weighted by molar-refractivity contribution is -0.122. The van der Waals surface area contributed by atoms with Crippen LogP contribution in [-0.4, -0.2) is 18.7 Å². The highest BCUT2D eigenvalue weighted by Crippen LogP contribution is 2.34. The molecular weight excluding hydrogens is 290 g/mol. The summed E-state index contributed by atoms with van der Waals surface area (Å²) in [7, 11) is 0. The van der Waals surface area contributed by atoms with Crippen molar-refractivity contribution in [3.63, 3.8) is 0 Å². The summed E-state index contributed by atoms with van der Waals surface area (Å²) in [5.41, 5.74) is 0.969. The van der Waals surface area contributed by atoms with Gasteiger partial charge < -0.3 is 14.8 Å². The first kappa shape index (κ1) is 16.2. The largest absolute Gasteiger partial charge is 0.454 e. The lowest BCUT2D eigenvalue weighted by Gasteiger charge is -2.37. The van der Waals surface area contributed by atoms with Gasteiger partial charge in [0.15, 0.2) is 11.5 Å². The van der Waals surface area contributed by atoms with E-state index in [0.29, 0.717) is 30.2 Å². The fraction of sp³-hybridized carbons (Fsp3) is 0.632. The van der Waals surface area contributed by atoms with Gasteiger partial charge in [0.25, 0.3) is 0 Å². The third-order valence-electron chi connectivity index (χ3n) is 5.17. The summed E-state index contributed by atoms with van der Waals surface area (Å²) < 4.78 is 10.7. The molecule has 1 aromatic carbocycles. The number of hydrogen-bond acceptors (Lipinski definition) is 3. The van der Waals surface area contributed by atoms with Crippen LogP contribution in [0.5, 0.6) is 11.5 Å². The molecule has 1 amide bonds. The van der Waals surface area contributed by atoms with Gasteiger partial charge in [-0.2, -0.15) is 0 Å². The normalized spacial score (nSPS) is 26.3. The van der Waals surface area contributed by atoms with Gasteiger partial charge in [-0.25, -0.2) is 0 Å². The van der Waals surface area contributed by atoms with Gasteiger partial charge in [-0.1, -0.05) is 33.3 Å². The molecule has 3 atom stereocenters. The molecule has 0 radical (unpaired) electrons. The summed E-state index contributed by atoms with van der Waals surface area (Å²) in [4.78, 5) is 12.5. The maximum Gasteiger partial charge on any atom is 0.231 e. The van der Waals surface area contributed by atoms with Gasteiger partial charge in [0.2, 0.25) is 12.7 Å². The van der Waals surface area contributed by atoms with Crippen LogP contribution in [0, 0.1) is 17.8 Å². The third kappa shape index (κ3) is 3.80. The van der Waals surface area contributed by atoms with Crippen molar-refractivity contribution in [3.05, 3.63) is 23.8 Å². The SMILES string of the molecule is CC(C)[C@H]1CC[C@H](C)C[C@H]1NC(=O)Cc1ccc2c(c1)OCO2. The van der Waals surface area contributed by atoms with Crippen molar-refractivity contribution in [2.75, 3.05) is 6.79 Å². The van der Waals surface area contributed by atoms with Crippen molar-refractivity contribution >= 4 is 5.91 Å². The third-order valence-corrected chi connectivity index (χ3v) is 5.17. The Balaban J connectivity index is 1.61. The Hall–Kier alpha value is -1.71. The van der Waals surface area contributed by atoms with Crippen LogP contribution < -0.4 is 14.8 Å². The Labute approximate surface area is 138 Å². The minimum atomic E-state index is 0.105. The summed E-state index contributed by atoms with van der Waals surface area (Å²) in [5.74, 6) is 3.50. The molecule has 23 heavy (non-hydrogen) atoms. The molecule has 1 fully saturated rings. The summed E-state index contributed by atoms with van der Waals surface area (Å²) in [5, 5.41) is 3.29. The van der Waals surface area contributed by atoms with E-state index in [-0.39, 0.29) is 12.7 Å². The lowest BCUT2D eigenvalue weighted by atomic mass is 9.74. The van der Waals surface area contributed by atoms with Gasteiger partial charge in [-0.3, -0.25) is 4.79 Å². The highest BCUT2D eigenvalue weighted by molar-refractivity contribution is 5.79. The second kappa shape index (κ2) is 6.81. The van der Waals surface area contributed by atoms with Gasteiger partial charge in [0.1, 0.15) is 0 Å². The monoisotopic (exact) mass is 317 g/mol. The molecule has 1 aromatic rings. The van der Waals surface area contributed by atoms with Crippen LogP contribution in [0.1, 0.15) is 45.6 Å². The lowest BCUT2D eigenvalue weighted by Crippen LogP contribution is -2.46. The Morgan fingerprint density at radius 3 is 2.83 bits per heavy atom. The molecule has 1 heterocycles. The Morgan fingerprint density at radius 1 is 1.26 bits per heavy atom. The molecular formula is C19H27NO3. The van der Waals surface area contributed by atoms with Crippen LogP contribution >= 0.6 is 0 Å². The number of carbonyl (C=O) groups excluding carboxylic acids is 1. The van der Waals surface area contributed by atoms with E-state index in [2.05, 4.69) is 26.1 Å². The molecule has 1 N–H and O–H groups in total. The Bertz CT molecular complexity index is 570. The Kier molecular flexibility index (Phi) is 4.79. The van der Waals surface area contributed by atoms with Crippen LogP contribution in [0.3, 0.4) is 0 Å². The molecule has 2 aliphatic rings. The average molecular weight is 317 g/mol. The number of amides is 1. The number of hydrogen-bond donors (Lipinski definition) is 1. The summed E-state index contributed by atoms with van der Waals surface area (Å²) in [6.07, 6.45) is 3.98. The summed E-state index contributed by atoms with van der Waals surface area (Å²) >= 11 is 0. The van der Waals surface area contributed by atoms with E-state index in [0.717, 1.165) is 23.5 Å². The standard InChI is InChI=1S/C19H27NO3/c1-12(2)15-6-4-13(3)8-16(15)20-19(21)10-14-5-7-17-18(9-14)23-11-22-17/h5,7,9,12-13,15-16H,4,6,8,10-11H2,1-3H3,(H,20,21)/t13-,15+,16+/m0/s1. The van der Waals surface area contributed by atoms with Gasteiger partial charge in [-0.05, 0) is 48.3 Å². The zero-order valence-corrected chi connectivity index (χ0v) is 14.3. The quantitative estimate of drug-likeness (QED) is 0.924. The Morgan fingerprint density at radius 2 is 2.04 bits per heavy atom. The molecule has 126 valence electrons. The van der Waals surface area contributed by atoms with E-state index in [1.165, 1.54) is 12.8 Å². The smallest absolute Gasteiger partial charge is 0.231 e. The second-order valence-electron chi connectivity index (χ2n) is 7.36. The molecule has 4 heteroatoms. The zero-order valence-electron chi connectivity index (χ0n) is 14.3. The van der Waals surface area contributed by atoms with Crippen molar-refractivity contribution < 1.29 is 14.3 Å². The number of rotatable bonds is 4. The minimum Gasteiger partial charge on any atom is -0.454 e. The van der Waals surface area contributed by atoms with Crippen LogP contribution in [0.2, 0.25) is 0 Å². The van der Waals surface area contributed by atoms with E-state index in [4.69, 9.17) is 9.47 Å². The second-order valence-corrected chi connectivity index (χ2v) is 7.36. The van der Waals surface area contributed by atoms with Crippen LogP contribution in [0.15, 0.2) is 18.2 Å². The molecule has 0 saturated heterocycles. The van der Waals surface area contributed by atoms with Gasteiger partial charge in [0.05, 0.1) is 6.42 Å². The molecule has 0 spiro atoms. The van der Waals surface area contributed by atoms with Crippen LogP contribution in [0.25, 0.3) is 0 Å². The van der Waals surface area contributed by atoms with Crippen LogP contribution in [-0.2, 0) is 11.2 Å². The maximum absolute atomic E-state index is 12.5. The number of nitrogens with one attached hydrogen (secondary N) is 1. The van der Waals surface area contributed by atoms with E-state index in [9.17, 15) is 4.79 Å². The molecule has 1 aliphatic heterocycles. The van der Waals surface area contributed by atoms with Crippen molar-refractivity contribution in [1.29, 1.82) is 0 Å². The van der Waals surface area contributed by atoms with E-state index < -0.39 is 0 Å². The van der Waals surface area contributed by atoms with Crippen molar-refractivity contribution in [2.45, 2.75) is 52.5 Å². The summed E-state index contributed by atoms with van der Waals surface area (Å²) in [6.45, 7) is 7.07. The van der Waals surface area contributed by atoms with Crippen LogP contribution in [0.4, 0.5) is 0 Å². The predicted octanol–water partition coefficient (Wildman–Crippen LogP) is 3.53. The summed E-state index contributed by atoms with van der Waals surface area (Å²) in [6, 6.07) is 6.03. The van der Waals surface area contributed by atoms with E-state index >= 15 is 0 Å². The van der Waals surface area contributed by atoms with Gasteiger partial charge in [-0.15, -0.1) is 0 Å². The number of benzene rings is 1. The molecule has 3 rings (SSSR count). The van der Waals surface area contributed by atoms with Gasteiger partial charge in [0, 0.05) is 6.04 Å². The average Bonchev–Trinajstić information content (AvgIpc) is 2.94. The number of carbonyl (C=O) groups is 1. The van der Waals surface area contributed by atoms with Gasteiger partial charge >= 0.3 is 0 Å². The predicted molar refractivity (Wildman–Crippen MR) is 89.5 cm³/mol. The fourth-order valence-electron chi connectivity index (χ4n) is 3.86. The molecule has 0 aromatic heterocycles. The van der Waals surface area contributed by atoms with Crippen molar-refractivity contribution in [1.82, 2.24) is 5.32 Å². The van der Waals surface area contributed by atoms with Crippen molar-refractivity contribution in [3.8, 4) is 11.5 Å². The van der Waals surface area contributed by atoms with E-state index in [1.54, 1.807) is 0 Å². The highest BCUT2D eigenvalue weighted by atomic mass is 16.7. The molecule has 1 aliphatic carbocycles. The molecule has 4 nitrogen and oxygen atoms in total. The van der Waals surface area contributed by atoms with E-state index in [1.807, 2.05) is 18.2 Å². The minimum absolute atomic E-state index is 0.105. The highest BCUT2D eigenvalue weighted by Gasteiger charge is 2.31. The van der Waals surface area contributed by atoms with Crippen molar-refractivity contribution in [2.24, 2.45) is 17.8 Å².